The van der Waals surface area contributed by atoms with E-state index in [2.05, 4.69) is 71.7 Å². The predicted octanol–water partition coefficient (Wildman–Crippen LogP) is 5.47. The van der Waals surface area contributed by atoms with E-state index in [9.17, 15) is 4.79 Å². The Morgan fingerprint density at radius 3 is 2.52 bits per heavy atom. The van der Waals surface area contributed by atoms with Crippen molar-refractivity contribution in [2.45, 2.75) is 52.0 Å². The Balaban J connectivity index is 0.000000227. The molecule has 2 aromatic carbocycles. The van der Waals surface area contributed by atoms with Crippen molar-refractivity contribution in [3.05, 3.63) is 65.7 Å². The van der Waals surface area contributed by atoms with Crippen molar-refractivity contribution in [1.29, 1.82) is 0 Å². The minimum absolute atomic E-state index is 0.593. The van der Waals surface area contributed by atoms with E-state index in [-0.39, 0.29) is 0 Å². The van der Waals surface area contributed by atoms with Crippen LogP contribution in [0.1, 0.15) is 50.2 Å². The van der Waals surface area contributed by atoms with Crippen molar-refractivity contribution in [3.63, 3.8) is 0 Å². The van der Waals surface area contributed by atoms with Crippen molar-refractivity contribution in [3.8, 4) is 0 Å². The summed E-state index contributed by atoms with van der Waals surface area (Å²) in [6, 6.07) is 19.5. The average Bonchev–Trinajstić information content (AvgIpc) is 2.69. The first-order chi connectivity index (χ1) is 13.2. The van der Waals surface area contributed by atoms with Crippen LogP contribution in [0.3, 0.4) is 0 Å². The van der Waals surface area contributed by atoms with Gasteiger partial charge in [-0.15, -0.1) is 0 Å². The number of carbonyl (C=O) groups is 1. The molecule has 3 rings (SSSR count). The van der Waals surface area contributed by atoms with Crippen LogP contribution in [0.2, 0.25) is 0 Å². The first-order valence-corrected chi connectivity index (χ1v) is 10.0. The van der Waals surface area contributed by atoms with Crippen LogP contribution >= 0.6 is 0 Å². The van der Waals surface area contributed by atoms with Crippen LogP contribution < -0.4 is 10.2 Å². The van der Waals surface area contributed by atoms with E-state index in [0.29, 0.717) is 6.54 Å². The third-order valence-electron chi connectivity index (χ3n) is 4.73. The SMILES string of the molecule is CCCCCCNC(=O)O.c1ccc(CN2CCCc3ccccc32)cc1. The molecule has 0 bridgehead atoms. The number of unbranched alkanes of at least 4 members (excludes halogenated alkanes) is 3. The quantitative estimate of drug-likeness (QED) is 0.637. The monoisotopic (exact) mass is 368 g/mol. The molecule has 0 atom stereocenters. The number of rotatable bonds is 7. The summed E-state index contributed by atoms with van der Waals surface area (Å²) in [6.45, 7) is 4.92. The lowest BCUT2D eigenvalue weighted by Gasteiger charge is -2.31. The molecule has 146 valence electrons. The van der Waals surface area contributed by atoms with Crippen LogP contribution in [0.25, 0.3) is 0 Å². The lowest BCUT2D eigenvalue weighted by Crippen LogP contribution is -2.28. The van der Waals surface area contributed by atoms with Gasteiger partial charge in [0.15, 0.2) is 0 Å². The third-order valence-corrected chi connectivity index (χ3v) is 4.73. The largest absolute Gasteiger partial charge is 0.465 e. The summed E-state index contributed by atoms with van der Waals surface area (Å²) < 4.78 is 0. The fourth-order valence-corrected chi connectivity index (χ4v) is 3.33. The van der Waals surface area contributed by atoms with Crippen LogP contribution in [0.15, 0.2) is 54.6 Å². The zero-order valence-corrected chi connectivity index (χ0v) is 16.4. The topological polar surface area (TPSA) is 52.6 Å². The van der Waals surface area contributed by atoms with Gasteiger partial charge in [-0.3, -0.25) is 0 Å². The fraction of sp³-hybridized carbons (Fsp3) is 0.435. The summed E-state index contributed by atoms with van der Waals surface area (Å²) in [5.74, 6) is 0. The highest BCUT2D eigenvalue weighted by Crippen LogP contribution is 2.27. The van der Waals surface area contributed by atoms with E-state index in [4.69, 9.17) is 5.11 Å². The van der Waals surface area contributed by atoms with E-state index >= 15 is 0 Å². The maximum absolute atomic E-state index is 9.92. The van der Waals surface area contributed by atoms with Crippen molar-refractivity contribution >= 4 is 11.8 Å². The minimum atomic E-state index is -0.920. The van der Waals surface area contributed by atoms with Gasteiger partial charge in [0.25, 0.3) is 0 Å². The Hall–Kier alpha value is -2.49. The van der Waals surface area contributed by atoms with Gasteiger partial charge in [0.1, 0.15) is 0 Å². The Morgan fingerprint density at radius 1 is 1.04 bits per heavy atom. The highest BCUT2D eigenvalue weighted by Gasteiger charge is 2.15. The molecule has 27 heavy (non-hydrogen) atoms. The summed E-state index contributed by atoms with van der Waals surface area (Å²) in [5.41, 5.74) is 4.31. The molecule has 1 aliphatic rings. The standard InChI is InChI=1S/C16H17N.C7H15NO2/c1-2-7-14(8-3-1)13-17-12-6-10-15-9-4-5-11-16(15)17;1-2-3-4-5-6-8-7(9)10/h1-5,7-9,11H,6,10,12-13H2;8H,2-6H2,1H3,(H,9,10). The number of para-hydroxylation sites is 1. The van der Waals surface area contributed by atoms with Crippen LogP contribution in [-0.4, -0.2) is 24.3 Å². The lowest BCUT2D eigenvalue weighted by molar-refractivity contribution is 0.194. The first kappa shape index (κ1) is 20.8. The molecule has 0 saturated carbocycles. The summed E-state index contributed by atoms with van der Waals surface area (Å²) >= 11 is 0. The van der Waals surface area contributed by atoms with Gasteiger partial charge in [-0.05, 0) is 36.5 Å². The van der Waals surface area contributed by atoms with Gasteiger partial charge >= 0.3 is 6.09 Å². The average molecular weight is 369 g/mol. The summed E-state index contributed by atoms with van der Waals surface area (Å²) in [5, 5.41) is 10.5. The number of aryl methyl sites for hydroxylation is 1. The Labute approximate surface area is 163 Å². The molecule has 0 radical (unpaired) electrons. The number of nitrogens with one attached hydrogen (secondary N) is 1. The molecular formula is C23H32N2O2. The second-order valence-electron chi connectivity index (χ2n) is 6.93. The zero-order valence-electron chi connectivity index (χ0n) is 16.4. The predicted molar refractivity (Wildman–Crippen MR) is 112 cm³/mol. The molecule has 0 spiro atoms. The Kier molecular flexibility index (Phi) is 9.25. The normalized spacial score (nSPS) is 12.6. The van der Waals surface area contributed by atoms with E-state index in [1.165, 1.54) is 49.0 Å². The lowest BCUT2D eigenvalue weighted by atomic mass is 10.0. The molecule has 1 aliphatic heterocycles. The molecule has 4 heteroatoms. The highest BCUT2D eigenvalue weighted by atomic mass is 16.4. The van der Waals surface area contributed by atoms with Crippen LogP contribution in [0, 0.1) is 0 Å². The van der Waals surface area contributed by atoms with Crippen LogP contribution in [-0.2, 0) is 13.0 Å². The Bertz CT molecular complexity index is 673. The highest BCUT2D eigenvalue weighted by molar-refractivity contribution is 5.64. The Morgan fingerprint density at radius 2 is 1.78 bits per heavy atom. The van der Waals surface area contributed by atoms with E-state index in [1.54, 1.807) is 0 Å². The molecule has 1 amide bonds. The maximum Gasteiger partial charge on any atom is 0.404 e. The second-order valence-corrected chi connectivity index (χ2v) is 6.93. The summed E-state index contributed by atoms with van der Waals surface area (Å²) in [4.78, 5) is 12.4. The molecule has 0 fully saturated rings. The number of fused-ring (bicyclic) bond motifs is 1. The molecule has 1 heterocycles. The maximum atomic E-state index is 9.92. The van der Waals surface area contributed by atoms with Crippen LogP contribution in [0.4, 0.5) is 10.5 Å². The van der Waals surface area contributed by atoms with Crippen molar-refractivity contribution in [1.82, 2.24) is 5.32 Å². The molecule has 4 nitrogen and oxygen atoms in total. The van der Waals surface area contributed by atoms with Crippen molar-refractivity contribution < 1.29 is 9.90 Å². The first-order valence-electron chi connectivity index (χ1n) is 10.0. The van der Waals surface area contributed by atoms with Gasteiger partial charge in [0, 0.05) is 25.3 Å². The van der Waals surface area contributed by atoms with E-state index < -0.39 is 6.09 Å². The molecule has 0 aliphatic carbocycles. The molecule has 2 N–H and O–H groups in total. The van der Waals surface area contributed by atoms with Gasteiger partial charge < -0.3 is 15.3 Å². The number of benzene rings is 2. The van der Waals surface area contributed by atoms with E-state index in [0.717, 1.165) is 19.4 Å². The van der Waals surface area contributed by atoms with Gasteiger partial charge in [-0.1, -0.05) is 74.7 Å². The van der Waals surface area contributed by atoms with Crippen molar-refractivity contribution in [2.24, 2.45) is 0 Å². The van der Waals surface area contributed by atoms with Gasteiger partial charge in [0.2, 0.25) is 0 Å². The molecule has 0 aromatic heterocycles. The number of amides is 1. The number of nitrogens with zero attached hydrogens (tertiary/aromatic N) is 1. The molecule has 0 saturated heterocycles. The zero-order chi connectivity index (χ0) is 19.3. The second kappa shape index (κ2) is 12.0. The van der Waals surface area contributed by atoms with Gasteiger partial charge in [-0.25, -0.2) is 4.79 Å². The van der Waals surface area contributed by atoms with Gasteiger partial charge in [-0.2, -0.15) is 0 Å². The van der Waals surface area contributed by atoms with E-state index in [1.807, 2.05) is 0 Å². The number of carboxylic acid groups (broad SMARTS) is 1. The molecule has 0 unspecified atom stereocenters. The number of hydrogen-bond acceptors (Lipinski definition) is 2. The van der Waals surface area contributed by atoms with Crippen LogP contribution in [0.5, 0.6) is 0 Å². The summed E-state index contributed by atoms with van der Waals surface area (Å²) in [7, 11) is 0. The smallest absolute Gasteiger partial charge is 0.404 e. The molecule has 2 aromatic rings. The minimum Gasteiger partial charge on any atom is -0.465 e. The molecular weight excluding hydrogens is 336 g/mol. The fourth-order valence-electron chi connectivity index (χ4n) is 3.33. The van der Waals surface area contributed by atoms with Gasteiger partial charge in [0.05, 0.1) is 0 Å². The third kappa shape index (κ3) is 7.73. The number of hydrogen-bond donors (Lipinski definition) is 2. The number of anilines is 1. The van der Waals surface area contributed by atoms with Crippen molar-refractivity contribution in [2.75, 3.05) is 18.0 Å². The summed E-state index contributed by atoms with van der Waals surface area (Å²) in [6.07, 6.45) is 6.04.